The van der Waals surface area contributed by atoms with Gasteiger partial charge in [0.15, 0.2) is 23.4 Å². The quantitative estimate of drug-likeness (QED) is 0.208. The van der Waals surface area contributed by atoms with Gasteiger partial charge in [0.1, 0.15) is 12.0 Å². The summed E-state index contributed by atoms with van der Waals surface area (Å²) in [7, 11) is 2.79. The van der Waals surface area contributed by atoms with Crippen LogP contribution < -0.4 is 14.5 Å². The van der Waals surface area contributed by atoms with E-state index in [1.165, 1.54) is 50.1 Å². The first-order valence-corrected chi connectivity index (χ1v) is 16.0. The van der Waals surface area contributed by atoms with Crippen LogP contribution in [0, 0.1) is 33.3 Å². The molecule has 12 heteroatoms. The number of nitro benzene ring substituents is 1. The van der Waals surface area contributed by atoms with Gasteiger partial charge < -0.3 is 9.47 Å². The first-order valence-electron chi connectivity index (χ1n) is 15.1. The highest BCUT2D eigenvalue weighted by Crippen LogP contribution is 2.57. The highest BCUT2D eigenvalue weighted by molar-refractivity contribution is 8.04. The Morgan fingerprint density at radius 3 is 2.31 bits per heavy atom. The van der Waals surface area contributed by atoms with Gasteiger partial charge in [-0.25, -0.2) is 9.96 Å². The molecule has 3 aliphatic heterocycles. The summed E-state index contributed by atoms with van der Waals surface area (Å²) in [6, 6.07) is 10.5. The number of hydrogen-bond acceptors (Lipinski definition) is 10. The Labute approximate surface area is 266 Å². The molecule has 0 spiro atoms. The third-order valence-corrected chi connectivity index (χ3v) is 11.1. The smallest absolute Gasteiger partial charge is 0.278 e. The summed E-state index contributed by atoms with van der Waals surface area (Å²) in [4.78, 5) is 61.1. The number of thioether (sulfide) groups is 1. The van der Waals surface area contributed by atoms with Gasteiger partial charge in [-0.3, -0.25) is 29.3 Å². The number of carbonyl (C=O) groups is 3. The molecule has 238 valence electrons. The molecule has 2 saturated heterocycles. The molecular weight excluding hydrogens is 598 g/mol. The number of nitrogens with zero attached hydrogens (tertiary/aromatic N) is 3. The zero-order chi connectivity index (χ0) is 32.4. The Hall–Kier alpha value is -3.90. The maximum Gasteiger partial charge on any atom is 0.278 e. The number of imide groups is 1. The Kier molecular flexibility index (Phi) is 7.93. The summed E-state index contributed by atoms with van der Waals surface area (Å²) in [5.41, 5.74) is 0.967. The molecule has 45 heavy (non-hydrogen) atoms. The second kappa shape index (κ2) is 11.5. The van der Waals surface area contributed by atoms with Gasteiger partial charge in [-0.1, -0.05) is 39.0 Å². The number of methoxy groups -OCH3 is 2. The van der Waals surface area contributed by atoms with Gasteiger partial charge in [0.05, 0.1) is 41.5 Å². The molecular formula is C33H37N3O8S. The van der Waals surface area contributed by atoms with E-state index in [1.54, 1.807) is 24.3 Å². The van der Waals surface area contributed by atoms with Crippen molar-refractivity contribution in [2.45, 2.75) is 64.4 Å². The van der Waals surface area contributed by atoms with Crippen LogP contribution in [0.1, 0.15) is 58.6 Å². The molecule has 3 heterocycles. The predicted molar refractivity (Wildman–Crippen MR) is 167 cm³/mol. The van der Waals surface area contributed by atoms with Crippen LogP contribution in [0.2, 0.25) is 0 Å². The van der Waals surface area contributed by atoms with Crippen molar-refractivity contribution < 1.29 is 33.6 Å². The number of ether oxygens (including phenoxy) is 2. The number of likely N-dealkylation sites (tertiary alicyclic amines) is 1. The van der Waals surface area contributed by atoms with Gasteiger partial charge in [-0.05, 0) is 55.7 Å². The molecule has 4 aliphatic rings. The maximum absolute atomic E-state index is 14.5. The second-order valence-electron chi connectivity index (χ2n) is 13.1. The molecule has 11 nitrogen and oxygen atoms in total. The van der Waals surface area contributed by atoms with Crippen molar-refractivity contribution in [1.29, 1.82) is 0 Å². The molecule has 1 saturated carbocycles. The number of para-hydroxylation sites is 1. The minimum absolute atomic E-state index is 0.0494. The zero-order valence-electron chi connectivity index (χ0n) is 26.1. The van der Waals surface area contributed by atoms with Crippen molar-refractivity contribution in [3.63, 3.8) is 0 Å². The summed E-state index contributed by atoms with van der Waals surface area (Å²) in [6.07, 6.45) is 1.39. The summed E-state index contributed by atoms with van der Waals surface area (Å²) in [5, 5.41) is 14.3. The molecule has 2 amide bonds. The lowest BCUT2D eigenvalue weighted by molar-refractivity contribution is -0.385. The van der Waals surface area contributed by atoms with Gasteiger partial charge in [-0.15, -0.1) is 11.8 Å². The zero-order valence-corrected chi connectivity index (χ0v) is 27.0. The number of fused-ring (bicyclic) bond motifs is 2. The van der Waals surface area contributed by atoms with E-state index < -0.39 is 34.8 Å². The van der Waals surface area contributed by atoms with E-state index in [-0.39, 0.29) is 45.1 Å². The largest absolute Gasteiger partial charge is 0.493 e. The number of nitro groups is 1. The molecule has 1 aliphatic carbocycles. The maximum atomic E-state index is 14.5. The third kappa shape index (κ3) is 5.07. The molecule has 2 aromatic rings. The number of allylic oxidation sites excluding steroid dienone is 1. The van der Waals surface area contributed by atoms with E-state index >= 15 is 0 Å². The van der Waals surface area contributed by atoms with Crippen molar-refractivity contribution in [2.24, 2.45) is 23.2 Å². The molecule has 0 radical (unpaired) electrons. The average Bonchev–Trinajstić information content (AvgIpc) is 3.65. The molecule has 0 N–H and O–H groups in total. The lowest BCUT2D eigenvalue weighted by Crippen LogP contribution is -2.37. The minimum atomic E-state index is -1.25. The van der Waals surface area contributed by atoms with E-state index in [4.69, 9.17) is 14.3 Å². The lowest BCUT2D eigenvalue weighted by atomic mass is 9.68. The number of ketones is 1. The fourth-order valence-corrected chi connectivity index (χ4v) is 9.09. The Morgan fingerprint density at radius 1 is 1.04 bits per heavy atom. The van der Waals surface area contributed by atoms with E-state index in [0.29, 0.717) is 22.2 Å². The molecule has 6 rings (SSSR count). The van der Waals surface area contributed by atoms with Crippen LogP contribution in [0.15, 0.2) is 53.1 Å². The first-order chi connectivity index (χ1) is 21.4. The molecule has 0 unspecified atom stereocenters. The van der Waals surface area contributed by atoms with E-state index in [1.807, 2.05) is 6.07 Å². The average molecular weight is 636 g/mol. The molecule has 6 atom stereocenters. The van der Waals surface area contributed by atoms with E-state index in [9.17, 15) is 24.5 Å². The van der Waals surface area contributed by atoms with Crippen LogP contribution in [0.5, 0.6) is 11.5 Å². The van der Waals surface area contributed by atoms with Crippen molar-refractivity contribution >= 4 is 40.7 Å². The van der Waals surface area contributed by atoms with Crippen molar-refractivity contribution in [2.75, 3.05) is 19.3 Å². The molecule has 0 bridgehead atoms. The Morgan fingerprint density at radius 2 is 1.71 bits per heavy atom. The van der Waals surface area contributed by atoms with Crippen LogP contribution in [-0.4, -0.2) is 53.0 Å². The van der Waals surface area contributed by atoms with Crippen molar-refractivity contribution in [1.82, 2.24) is 4.90 Å². The second-order valence-corrected chi connectivity index (χ2v) is 14.3. The number of hydrogen-bond donors (Lipinski definition) is 0. The van der Waals surface area contributed by atoms with E-state index in [0.717, 1.165) is 24.2 Å². The Balaban J connectivity index is 1.45. The third-order valence-electron chi connectivity index (χ3n) is 9.64. The number of hydroxylamine groups is 1. The number of rotatable bonds is 7. The SMILES string of the molecule is COc1cc([C@@H]2[C@@H]3C(=O)N(C4=C(C(C)=O)[C@@H]5CC[C@H](C(C)(C)C)C[C@H]5S4)C(=O)[C@H]3ON2c2ccccc2)c([N+](=O)[O-])cc1OC. The summed E-state index contributed by atoms with van der Waals surface area (Å²) in [6.45, 7) is 8.14. The van der Waals surface area contributed by atoms with Gasteiger partial charge in [0.25, 0.3) is 11.6 Å². The minimum Gasteiger partial charge on any atom is -0.493 e. The number of Topliss-reactive ketones (excluding diaryl/α,β-unsaturated/α-hetero) is 1. The highest BCUT2D eigenvalue weighted by atomic mass is 32.2. The van der Waals surface area contributed by atoms with Crippen molar-refractivity contribution in [3.8, 4) is 11.5 Å². The normalized spacial score (nSPS) is 28.0. The fourth-order valence-electron chi connectivity index (χ4n) is 7.33. The van der Waals surface area contributed by atoms with Crippen LogP contribution in [0.3, 0.4) is 0 Å². The molecule has 2 aromatic carbocycles. The van der Waals surface area contributed by atoms with Crippen LogP contribution in [0.4, 0.5) is 11.4 Å². The van der Waals surface area contributed by atoms with Gasteiger partial charge in [0, 0.05) is 16.7 Å². The number of carbonyl (C=O) groups excluding carboxylic acids is 3. The lowest BCUT2D eigenvalue weighted by Gasteiger charge is -2.39. The first kappa shape index (κ1) is 31.1. The molecule has 0 aromatic heterocycles. The van der Waals surface area contributed by atoms with Gasteiger partial charge in [0.2, 0.25) is 5.91 Å². The summed E-state index contributed by atoms with van der Waals surface area (Å²) in [5.74, 6) is -1.63. The monoisotopic (exact) mass is 635 g/mol. The standard InChI is InChI=1S/C33H37N3O8S/c1-17(37)26-20-13-12-18(33(2,3)4)14-25(20)45-32(26)34-30(38)27-28(21-15-23(42-5)24(43-6)16-22(21)36(40)41)35(44-29(27)31(34)39)19-10-8-7-9-11-19/h7-11,15-16,18,20,25,27-29H,12-14H2,1-6H3/t18-,20+,25+,27-,28+,29-/m0/s1. The highest BCUT2D eigenvalue weighted by Gasteiger charge is 2.63. The molecule has 3 fully saturated rings. The van der Waals surface area contributed by atoms with Crippen LogP contribution in [-0.2, 0) is 19.2 Å². The topological polar surface area (TPSA) is 129 Å². The van der Waals surface area contributed by atoms with Gasteiger partial charge in [-0.2, -0.15) is 0 Å². The Bertz CT molecular complexity index is 1600. The summed E-state index contributed by atoms with van der Waals surface area (Å²) >= 11 is 1.44. The van der Waals surface area contributed by atoms with Crippen molar-refractivity contribution in [3.05, 3.63) is 68.7 Å². The number of benzene rings is 2. The number of anilines is 1. The van der Waals surface area contributed by atoms with E-state index in [2.05, 4.69) is 20.8 Å². The predicted octanol–water partition coefficient (Wildman–Crippen LogP) is 5.84. The van der Waals surface area contributed by atoms with Crippen LogP contribution >= 0.6 is 11.8 Å². The summed E-state index contributed by atoms with van der Waals surface area (Å²) < 4.78 is 10.8. The van der Waals surface area contributed by atoms with Gasteiger partial charge >= 0.3 is 0 Å². The number of amides is 2. The fraction of sp³-hybridized carbons (Fsp3) is 0.485. The van der Waals surface area contributed by atoms with Crippen LogP contribution in [0.25, 0.3) is 0 Å².